The second-order valence-electron chi connectivity index (χ2n) is 6.12. The molecule has 0 bridgehead atoms. The van der Waals surface area contributed by atoms with E-state index in [2.05, 4.69) is 52.0 Å². The number of hydrogen-bond acceptors (Lipinski definition) is 2. The maximum Gasteiger partial charge on any atom is 0.120 e. The van der Waals surface area contributed by atoms with Crippen LogP contribution in [0.4, 0.5) is 0 Å². The summed E-state index contributed by atoms with van der Waals surface area (Å²) in [6.07, 6.45) is 3.45. The first-order valence-corrected chi connectivity index (χ1v) is 7.55. The lowest BCUT2D eigenvalue weighted by Gasteiger charge is -2.53. The Bertz CT molecular complexity index is 423. The van der Waals surface area contributed by atoms with E-state index in [0.29, 0.717) is 12.0 Å². The zero-order chi connectivity index (χ0) is 14.0. The van der Waals surface area contributed by atoms with Gasteiger partial charge in [0.1, 0.15) is 11.9 Å². The fourth-order valence-corrected chi connectivity index (χ4v) is 3.28. The van der Waals surface area contributed by atoms with E-state index in [1.54, 1.807) is 0 Å². The molecule has 1 aliphatic carbocycles. The number of nitrogens with two attached hydrogens (primary N) is 1. The molecule has 106 valence electrons. The van der Waals surface area contributed by atoms with Gasteiger partial charge < -0.3 is 10.5 Å². The van der Waals surface area contributed by atoms with E-state index >= 15 is 0 Å². The molecule has 2 rings (SSSR count). The van der Waals surface area contributed by atoms with Crippen LogP contribution in [0.15, 0.2) is 24.3 Å². The van der Waals surface area contributed by atoms with Crippen LogP contribution >= 0.6 is 0 Å². The van der Waals surface area contributed by atoms with Crippen LogP contribution < -0.4 is 10.5 Å². The molecule has 1 fully saturated rings. The molecule has 1 aliphatic rings. The lowest BCUT2D eigenvalue weighted by Crippen LogP contribution is -2.62. The van der Waals surface area contributed by atoms with Gasteiger partial charge in [0.15, 0.2) is 0 Å². The Labute approximate surface area is 117 Å². The number of hydrogen-bond donors (Lipinski definition) is 1. The molecule has 0 amide bonds. The van der Waals surface area contributed by atoms with Crippen LogP contribution in [-0.4, -0.2) is 12.1 Å². The quantitative estimate of drug-likeness (QED) is 0.866. The van der Waals surface area contributed by atoms with Crippen molar-refractivity contribution in [2.45, 2.75) is 65.0 Å². The average molecular weight is 261 g/mol. The Balaban J connectivity index is 2.12. The van der Waals surface area contributed by atoms with Gasteiger partial charge in [-0.25, -0.2) is 0 Å². The maximum absolute atomic E-state index is 6.23. The number of ether oxygens (including phenoxy) is 1. The molecule has 2 N–H and O–H groups in total. The standard InChI is InChI=1S/C17H27NO/c1-5-17(6-2)15(18)11-16(17)19-14-9-7-8-13(10-14)12(3)4/h7-10,12,15-16H,5-6,11,18H2,1-4H3. The molecule has 19 heavy (non-hydrogen) atoms. The molecule has 1 aromatic rings. The van der Waals surface area contributed by atoms with Gasteiger partial charge in [-0.15, -0.1) is 0 Å². The van der Waals surface area contributed by atoms with Crippen LogP contribution in [-0.2, 0) is 0 Å². The molecule has 0 radical (unpaired) electrons. The van der Waals surface area contributed by atoms with Crippen molar-refractivity contribution in [2.24, 2.45) is 11.1 Å². The Morgan fingerprint density at radius 3 is 2.53 bits per heavy atom. The van der Waals surface area contributed by atoms with E-state index in [9.17, 15) is 0 Å². The minimum Gasteiger partial charge on any atom is -0.490 e. The van der Waals surface area contributed by atoms with E-state index in [0.717, 1.165) is 25.0 Å². The highest BCUT2D eigenvalue weighted by Gasteiger charge is 2.52. The third kappa shape index (κ3) is 2.51. The molecule has 1 saturated carbocycles. The van der Waals surface area contributed by atoms with Crippen molar-refractivity contribution in [3.8, 4) is 5.75 Å². The van der Waals surface area contributed by atoms with E-state index in [1.807, 2.05) is 0 Å². The van der Waals surface area contributed by atoms with Gasteiger partial charge in [0.2, 0.25) is 0 Å². The van der Waals surface area contributed by atoms with Gasteiger partial charge in [0.25, 0.3) is 0 Å². The van der Waals surface area contributed by atoms with Gasteiger partial charge in [0, 0.05) is 17.9 Å². The smallest absolute Gasteiger partial charge is 0.120 e. The number of rotatable bonds is 5. The second kappa shape index (κ2) is 5.54. The first-order valence-electron chi connectivity index (χ1n) is 7.55. The zero-order valence-corrected chi connectivity index (χ0v) is 12.6. The summed E-state index contributed by atoms with van der Waals surface area (Å²) in [6.45, 7) is 8.87. The fraction of sp³-hybridized carbons (Fsp3) is 0.647. The average Bonchev–Trinajstić information content (AvgIpc) is 2.40. The molecule has 2 atom stereocenters. The molecule has 0 saturated heterocycles. The maximum atomic E-state index is 6.23. The van der Waals surface area contributed by atoms with Crippen LogP contribution in [0.3, 0.4) is 0 Å². The number of benzene rings is 1. The van der Waals surface area contributed by atoms with Gasteiger partial charge in [0.05, 0.1) is 0 Å². The molecule has 0 aromatic heterocycles. The van der Waals surface area contributed by atoms with E-state index in [4.69, 9.17) is 10.5 Å². The van der Waals surface area contributed by atoms with Crippen molar-refractivity contribution in [2.75, 3.05) is 0 Å². The summed E-state index contributed by atoms with van der Waals surface area (Å²) in [5, 5.41) is 0. The zero-order valence-electron chi connectivity index (χ0n) is 12.6. The lowest BCUT2D eigenvalue weighted by molar-refractivity contribution is -0.0722. The van der Waals surface area contributed by atoms with Crippen molar-refractivity contribution in [1.29, 1.82) is 0 Å². The molecule has 1 aromatic carbocycles. The van der Waals surface area contributed by atoms with Crippen molar-refractivity contribution in [1.82, 2.24) is 0 Å². The first-order chi connectivity index (χ1) is 9.03. The van der Waals surface area contributed by atoms with Gasteiger partial charge in [-0.1, -0.05) is 39.8 Å². The molecule has 2 nitrogen and oxygen atoms in total. The summed E-state index contributed by atoms with van der Waals surface area (Å²) in [6, 6.07) is 8.77. The SMILES string of the molecule is CCC1(CC)C(N)CC1Oc1cccc(C(C)C)c1. The summed E-state index contributed by atoms with van der Waals surface area (Å²) in [4.78, 5) is 0. The van der Waals surface area contributed by atoms with Crippen LogP contribution in [0.5, 0.6) is 5.75 Å². The Kier molecular flexibility index (Phi) is 4.19. The lowest BCUT2D eigenvalue weighted by atomic mass is 9.59. The minimum absolute atomic E-state index is 0.174. The molecule has 0 aliphatic heterocycles. The molecule has 0 spiro atoms. The predicted molar refractivity (Wildman–Crippen MR) is 80.6 cm³/mol. The van der Waals surface area contributed by atoms with Crippen molar-refractivity contribution >= 4 is 0 Å². The van der Waals surface area contributed by atoms with Crippen molar-refractivity contribution < 1.29 is 4.74 Å². The highest BCUT2D eigenvalue weighted by atomic mass is 16.5. The predicted octanol–water partition coefficient (Wildman–Crippen LogP) is 4.09. The Hall–Kier alpha value is -1.02. The van der Waals surface area contributed by atoms with Gasteiger partial charge >= 0.3 is 0 Å². The molecule has 0 heterocycles. The van der Waals surface area contributed by atoms with Crippen molar-refractivity contribution in [3.05, 3.63) is 29.8 Å². The third-order valence-corrected chi connectivity index (χ3v) is 4.97. The largest absolute Gasteiger partial charge is 0.490 e. The normalized spacial score (nSPS) is 25.2. The van der Waals surface area contributed by atoms with E-state index in [1.165, 1.54) is 5.56 Å². The second-order valence-corrected chi connectivity index (χ2v) is 6.12. The fourth-order valence-electron chi connectivity index (χ4n) is 3.28. The summed E-state index contributed by atoms with van der Waals surface area (Å²) >= 11 is 0. The monoisotopic (exact) mass is 261 g/mol. The van der Waals surface area contributed by atoms with Crippen molar-refractivity contribution in [3.63, 3.8) is 0 Å². The van der Waals surface area contributed by atoms with E-state index < -0.39 is 0 Å². The van der Waals surface area contributed by atoms with Crippen LogP contribution in [0.25, 0.3) is 0 Å². The summed E-state index contributed by atoms with van der Waals surface area (Å²) < 4.78 is 6.23. The summed E-state index contributed by atoms with van der Waals surface area (Å²) in [5.74, 6) is 1.53. The summed E-state index contributed by atoms with van der Waals surface area (Å²) in [7, 11) is 0. The van der Waals surface area contributed by atoms with Gasteiger partial charge in [-0.3, -0.25) is 0 Å². The first kappa shape index (κ1) is 14.4. The third-order valence-electron chi connectivity index (χ3n) is 4.97. The van der Waals surface area contributed by atoms with Crippen LogP contribution in [0.2, 0.25) is 0 Å². The molecule has 2 unspecified atom stereocenters. The topological polar surface area (TPSA) is 35.2 Å². The Morgan fingerprint density at radius 2 is 2.00 bits per heavy atom. The summed E-state index contributed by atoms with van der Waals surface area (Å²) in [5.41, 5.74) is 7.73. The molecule has 2 heteroatoms. The van der Waals surface area contributed by atoms with Crippen LogP contribution in [0.1, 0.15) is 58.4 Å². The van der Waals surface area contributed by atoms with Crippen LogP contribution in [0, 0.1) is 5.41 Å². The Morgan fingerprint density at radius 1 is 1.32 bits per heavy atom. The van der Waals surface area contributed by atoms with E-state index in [-0.39, 0.29) is 11.5 Å². The molecular weight excluding hydrogens is 234 g/mol. The van der Waals surface area contributed by atoms with Gasteiger partial charge in [-0.2, -0.15) is 0 Å². The molecular formula is C17H27NO. The highest BCUT2D eigenvalue weighted by Crippen LogP contribution is 2.47. The minimum atomic E-state index is 0.174. The van der Waals surface area contributed by atoms with Gasteiger partial charge in [-0.05, 0) is 36.5 Å². The highest BCUT2D eigenvalue weighted by molar-refractivity contribution is 5.31.